The monoisotopic (exact) mass is 364 g/mol. The molecule has 0 spiro atoms. The van der Waals surface area contributed by atoms with Crippen LogP contribution in [0.5, 0.6) is 5.75 Å². The molecule has 0 aliphatic carbocycles. The fourth-order valence-electron chi connectivity index (χ4n) is 2.79. The van der Waals surface area contributed by atoms with E-state index in [1.807, 2.05) is 41.2 Å². The number of piperidine rings is 1. The van der Waals surface area contributed by atoms with Crippen molar-refractivity contribution in [3.8, 4) is 5.75 Å². The molecule has 1 aliphatic rings. The normalized spacial score (nSPS) is 16.7. The Hall–Kier alpha value is -2.05. The highest BCUT2D eigenvalue weighted by atomic mass is 35.5. The summed E-state index contributed by atoms with van der Waals surface area (Å²) in [5.74, 6) is 0.723. The lowest BCUT2D eigenvalue weighted by Crippen LogP contribution is -2.32. The number of amides is 1. The number of hydrogen-bond acceptors (Lipinski definition) is 4. The summed E-state index contributed by atoms with van der Waals surface area (Å²) in [5, 5.41) is 10.7. The van der Waals surface area contributed by atoms with Crippen molar-refractivity contribution in [3.05, 3.63) is 48.3 Å². The first-order valence-corrected chi connectivity index (χ1v) is 8.55. The van der Waals surface area contributed by atoms with Gasteiger partial charge in [0.1, 0.15) is 11.4 Å². The lowest BCUT2D eigenvalue weighted by Gasteiger charge is -2.22. The lowest BCUT2D eigenvalue weighted by molar-refractivity contribution is 0.0945. The van der Waals surface area contributed by atoms with Crippen LogP contribution >= 0.6 is 12.4 Å². The predicted octanol–water partition coefficient (Wildman–Crippen LogP) is 2.43. The molecule has 136 valence electrons. The average Bonchev–Trinajstić information content (AvgIpc) is 3.13. The molecular formula is C18H25ClN4O2. The molecule has 0 saturated carbocycles. The van der Waals surface area contributed by atoms with E-state index in [4.69, 9.17) is 4.74 Å². The first-order chi connectivity index (χ1) is 11.8. The molecule has 7 heteroatoms. The number of benzene rings is 1. The first-order valence-electron chi connectivity index (χ1n) is 8.55. The Morgan fingerprint density at radius 2 is 2.16 bits per heavy atom. The Balaban J connectivity index is 0.00000225. The molecule has 1 unspecified atom stereocenters. The minimum Gasteiger partial charge on any atom is -0.494 e. The largest absolute Gasteiger partial charge is 0.494 e. The van der Waals surface area contributed by atoms with Gasteiger partial charge in [-0.25, -0.2) is 0 Å². The number of ether oxygens (including phenoxy) is 1. The third kappa shape index (κ3) is 5.76. The number of rotatable bonds is 7. The van der Waals surface area contributed by atoms with E-state index in [1.165, 1.54) is 0 Å². The van der Waals surface area contributed by atoms with Crippen molar-refractivity contribution in [1.29, 1.82) is 0 Å². The van der Waals surface area contributed by atoms with Crippen LogP contribution < -0.4 is 15.4 Å². The summed E-state index contributed by atoms with van der Waals surface area (Å²) in [6, 6.07) is 11.8. The van der Waals surface area contributed by atoms with Crippen LogP contribution in [0.1, 0.15) is 35.8 Å². The third-order valence-corrected chi connectivity index (χ3v) is 4.10. The number of hydrogen-bond donors (Lipinski definition) is 2. The molecule has 1 saturated heterocycles. The Bertz CT molecular complexity index is 642. The van der Waals surface area contributed by atoms with Crippen LogP contribution in [0.15, 0.2) is 42.6 Å². The van der Waals surface area contributed by atoms with Crippen molar-refractivity contribution >= 4 is 18.3 Å². The van der Waals surface area contributed by atoms with Gasteiger partial charge in [0.25, 0.3) is 5.91 Å². The molecule has 2 aromatic rings. The minimum atomic E-state index is -0.128. The highest BCUT2D eigenvalue weighted by Gasteiger charge is 2.17. The van der Waals surface area contributed by atoms with Gasteiger partial charge in [0, 0.05) is 19.3 Å². The first kappa shape index (κ1) is 19.3. The van der Waals surface area contributed by atoms with Crippen molar-refractivity contribution in [2.24, 2.45) is 0 Å². The second-order valence-electron chi connectivity index (χ2n) is 5.95. The molecule has 0 bridgehead atoms. The zero-order valence-electron chi connectivity index (χ0n) is 14.2. The summed E-state index contributed by atoms with van der Waals surface area (Å²) in [6.07, 6.45) is 4.90. The minimum absolute atomic E-state index is 0. The Morgan fingerprint density at radius 1 is 1.32 bits per heavy atom. The van der Waals surface area contributed by atoms with E-state index in [-0.39, 0.29) is 18.3 Å². The number of nitrogens with zero attached hydrogens (tertiary/aromatic N) is 2. The molecule has 3 rings (SSSR count). The van der Waals surface area contributed by atoms with E-state index in [2.05, 4.69) is 15.7 Å². The van der Waals surface area contributed by atoms with Gasteiger partial charge in [0.2, 0.25) is 0 Å². The Labute approximate surface area is 154 Å². The summed E-state index contributed by atoms with van der Waals surface area (Å²) in [6.45, 7) is 3.13. The Morgan fingerprint density at radius 3 is 2.92 bits per heavy atom. The summed E-state index contributed by atoms with van der Waals surface area (Å²) in [4.78, 5) is 12.1. The van der Waals surface area contributed by atoms with Gasteiger partial charge in [0.15, 0.2) is 0 Å². The molecule has 1 aromatic heterocycles. The van der Waals surface area contributed by atoms with Crippen LogP contribution in [-0.4, -0.2) is 41.9 Å². The summed E-state index contributed by atoms with van der Waals surface area (Å²) >= 11 is 0. The molecule has 0 radical (unpaired) electrons. The number of para-hydroxylation sites is 1. The second kappa shape index (κ2) is 10.1. The lowest BCUT2D eigenvalue weighted by atomic mass is 10.1. The van der Waals surface area contributed by atoms with Crippen molar-refractivity contribution in [3.63, 3.8) is 0 Å². The zero-order valence-corrected chi connectivity index (χ0v) is 15.0. The zero-order chi connectivity index (χ0) is 16.6. The van der Waals surface area contributed by atoms with Crippen LogP contribution in [0.25, 0.3) is 0 Å². The molecule has 2 N–H and O–H groups in total. The molecule has 1 atom stereocenters. The number of carbonyl (C=O) groups excluding carboxylic acids is 1. The van der Waals surface area contributed by atoms with Gasteiger partial charge in [-0.2, -0.15) is 5.10 Å². The van der Waals surface area contributed by atoms with Crippen molar-refractivity contribution in [1.82, 2.24) is 20.4 Å². The van der Waals surface area contributed by atoms with Crippen LogP contribution in [0, 0.1) is 0 Å². The van der Waals surface area contributed by atoms with E-state index in [0.717, 1.165) is 38.1 Å². The van der Waals surface area contributed by atoms with Gasteiger partial charge >= 0.3 is 0 Å². The molecule has 1 aromatic carbocycles. The van der Waals surface area contributed by atoms with Gasteiger partial charge in [-0.15, -0.1) is 12.4 Å². The molecule has 2 heterocycles. The number of halogens is 1. The molecule has 25 heavy (non-hydrogen) atoms. The number of carbonyl (C=O) groups is 1. The quantitative estimate of drug-likeness (QED) is 0.740. The van der Waals surface area contributed by atoms with E-state index in [9.17, 15) is 4.79 Å². The number of aromatic nitrogens is 2. The van der Waals surface area contributed by atoms with Crippen molar-refractivity contribution < 1.29 is 9.53 Å². The third-order valence-electron chi connectivity index (χ3n) is 4.10. The fourth-order valence-corrected chi connectivity index (χ4v) is 2.79. The van der Waals surface area contributed by atoms with E-state index < -0.39 is 0 Å². The molecule has 1 fully saturated rings. The smallest absolute Gasteiger partial charge is 0.271 e. The topological polar surface area (TPSA) is 68.2 Å². The van der Waals surface area contributed by atoms with Crippen molar-refractivity contribution in [2.75, 3.05) is 26.2 Å². The molecular weight excluding hydrogens is 340 g/mol. The summed E-state index contributed by atoms with van der Waals surface area (Å²) in [7, 11) is 0. The maximum atomic E-state index is 12.1. The van der Waals surface area contributed by atoms with E-state index in [0.29, 0.717) is 24.9 Å². The maximum Gasteiger partial charge on any atom is 0.271 e. The second-order valence-corrected chi connectivity index (χ2v) is 5.95. The van der Waals surface area contributed by atoms with Gasteiger partial charge < -0.3 is 15.4 Å². The van der Waals surface area contributed by atoms with Crippen LogP contribution in [-0.2, 0) is 0 Å². The van der Waals surface area contributed by atoms with Crippen LogP contribution in [0.4, 0.5) is 0 Å². The maximum absolute atomic E-state index is 12.1. The van der Waals surface area contributed by atoms with Gasteiger partial charge in [-0.1, -0.05) is 18.2 Å². The number of nitrogens with one attached hydrogen (secondary N) is 2. The highest BCUT2D eigenvalue weighted by molar-refractivity contribution is 5.92. The summed E-state index contributed by atoms with van der Waals surface area (Å²) in [5.41, 5.74) is 0.476. The van der Waals surface area contributed by atoms with Gasteiger partial charge in [-0.3, -0.25) is 9.48 Å². The van der Waals surface area contributed by atoms with Crippen LogP contribution in [0.2, 0.25) is 0 Å². The molecule has 6 nitrogen and oxygen atoms in total. The highest BCUT2D eigenvalue weighted by Crippen LogP contribution is 2.15. The van der Waals surface area contributed by atoms with Crippen molar-refractivity contribution in [2.45, 2.75) is 25.3 Å². The van der Waals surface area contributed by atoms with Gasteiger partial charge in [-0.05, 0) is 44.0 Å². The predicted molar refractivity (Wildman–Crippen MR) is 99.5 cm³/mol. The summed E-state index contributed by atoms with van der Waals surface area (Å²) < 4.78 is 7.50. The SMILES string of the molecule is Cl.O=C(NCCCOc1ccccc1)c1ccn(C2CCCNC2)n1. The molecule has 1 aliphatic heterocycles. The van der Waals surface area contributed by atoms with E-state index >= 15 is 0 Å². The Kier molecular flexibility index (Phi) is 7.76. The average molecular weight is 365 g/mol. The molecule has 1 amide bonds. The van der Waals surface area contributed by atoms with Crippen LogP contribution in [0.3, 0.4) is 0 Å². The van der Waals surface area contributed by atoms with Gasteiger partial charge in [0.05, 0.1) is 12.6 Å². The fraction of sp³-hybridized carbons (Fsp3) is 0.444. The van der Waals surface area contributed by atoms with E-state index in [1.54, 1.807) is 6.07 Å². The standard InChI is InChI=1S/C18H24N4O2.ClH/c23-18(20-11-5-13-24-16-7-2-1-3-8-16)17-9-12-22(21-17)15-6-4-10-19-14-15;/h1-3,7-9,12,15,19H,4-6,10-11,13-14H2,(H,20,23);1H.